The van der Waals surface area contributed by atoms with E-state index < -0.39 is 0 Å². The molecule has 0 aromatic carbocycles. The van der Waals surface area contributed by atoms with Gasteiger partial charge in [0.05, 0.1) is 5.70 Å². The minimum Gasteiger partial charge on any atom is -0.330 e. The van der Waals surface area contributed by atoms with Crippen LogP contribution in [0.15, 0.2) is 40.6 Å². The molecular weight excluding hydrogens is 234 g/mol. The predicted octanol–water partition coefficient (Wildman–Crippen LogP) is 2.91. The van der Waals surface area contributed by atoms with Crippen molar-refractivity contribution in [3.63, 3.8) is 0 Å². The Morgan fingerprint density at radius 2 is 2.26 bits per heavy atom. The first-order chi connectivity index (χ1) is 9.13. The van der Waals surface area contributed by atoms with E-state index in [2.05, 4.69) is 36.5 Å². The third kappa shape index (κ3) is 6.50. The summed E-state index contributed by atoms with van der Waals surface area (Å²) >= 11 is 0. The Morgan fingerprint density at radius 3 is 2.95 bits per heavy atom. The van der Waals surface area contributed by atoms with Gasteiger partial charge in [-0.3, -0.25) is 4.99 Å². The minimum atomic E-state index is 0.777. The Balaban J connectivity index is 2.63. The highest BCUT2D eigenvalue weighted by Crippen LogP contribution is 2.21. The molecule has 0 unspecified atom stereocenters. The van der Waals surface area contributed by atoms with Crippen LogP contribution in [0, 0.1) is 0 Å². The van der Waals surface area contributed by atoms with Crippen molar-refractivity contribution in [1.82, 2.24) is 4.90 Å². The number of unbranched alkanes of at least 4 members (excludes halogenated alkanes) is 1. The number of rotatable bonds is 8. The van der Waals surface area contributed by atoms with Crippen LogP contribution >= 0.6 is 0 Å². The maximum atomic E-state index is 5.53. The number of likely N-dealkylation sites (N-methyl/N-ethyl adjacent to an activating group) is 1. The molecule has 1 aliphatic rings. The van der Waals surface area contributed by atoms with Gasteiger partial charge in [0.15, 0.2) is 0 Å². The van der Waals surface area contributed by atoms with Crippen molar-refractivity contribution >= 4 is 6.21 Å². The summed E-state index contributed by atoms with van der Waals surface area (Å²) in [5.41, 5.74) is 9.31. The van der Waals surface area contributed by atoms with Gasteiger partial charge in [-0.2, -0.15) is 0 Å². The van der Waals surface area contributed by atoms with E-state index in [1.807, 2.05) is 12.3 Å². The number of nitrogens with two attached hydrogens (primary N) is 1. The van der Waals surface area contributed by atoms with Crippen molar-refractivity contribution in [2.45, 2.75) is 32.6 Å². The first kappa shape index (κ1) is 15.9. The SMILES string of the molecule is C=C(C)CC1=C(CN(C)CCCCN)N=CC=CC1. The molecular formula is C16H27N3. The standard InChI is InChI=1S/C16H27N3/c1-14(2)12-15-8-4-6-10-18-16(15)13-19(3)11-7-5-9-17/h4,6,10H,1,5,7-9,11-13,17H2,2-3H3. The molecule has 0 aromatic heterocycles. The van der Waals surface area contributed by atoms with Crippen LogP contribution in [0.25, 0.3) is 0 Å². The predicted molar refractivity (Wildman–Crippen MR) is 84.5 cm³/mol. The van der Waals surface area contributed by atoms with Gasteiger partial charge < -0.3 is 10.6 Å². The zero-order valence-electron chi connectivity index (χ0n) is 12.4. The zero-order valence-corrected chi connectivity index (χ0v) is 12.4. The van der Waals surface area contributed by atoms with Crippen LogP contribution in [-0.4, -0.2) is 37.8 Å². The monoisotopic (exact) mass is 261 g/mol. The van der Waals surface area contributed by atoms with Gasteiger partial charge >= 0.3 is 0 Å². The molecule has 1 rings (SSSR count). The van der Waals surface area contributed by atoms with Gasteiger partial charge in [0.2, 0.25) is 0 Å². The second-order valence-electron chi connectivity index (χ2n) is 5.33. The summed E-state index contributed by atoms with van der Waals surface area (Å²) in [6.07, 6.45) is 10.3. The van der Waals surface area contributed by atoms with Gasteiger partial charge in [0, 0.05) is 12.8 Å². The van der Waals surface area contributed by atoms with Crippen LogP contribution in [0.3, 0.4) is 0 Å². The van der Waals surface area contributed by atoms with Gasteiger partial charge in [0.25, 0.3) is 0 Å². The summed E-state index contributed by atoms with van der Waals surface area (Å²) in [6, 6.07) is 0. The molecule has 2 N–H and O–H groups in total. The molecule has 0 amide bonds. The van der Waals surface area contributed by atoms with Crippen LogP contribution in [0.2, 0.25) is 0 Å². The van der Waals surface area contributed by atoms with Crippen molar-refractivity contribution < 1.29 is 0 Å². The molecule has 0 aliphatic carbocycles. The van der Waals surface area contributed by atoms with E-state index in [1.54, 1.807) is 0 Å². The van der Waals surface area contributed by atoms with E-state index in [0.717, 1.165) is 45.3 Å². The Hall–Kier alpha value is -1.19. The fourth-order valence-corrected chi connectivity index (χ4v) is 2.17. The Morgan fingerprint density at radius 1 is 1.47 bits per heavy atom. The van der Waals surface area contributed by atoms with Gasteiger partial charge in [0.1, 0.15) is 0 Å². The second kappa shape index (κ2) is 8.83. The highest BCUT2D eigenvalue weighted by molar-refractivity contribution is 5.73. The minimum absolute atomic E-state index is 0.777. The largest absolute Gasteiger partial charge is 0.330 e. The molecule has 0 fully saturated rings. The molecule has 3 heteroatoms. The fourth-order valence-electron chi connectivity index (χ4n) is 2.17. The third-order valence-corrected chi connectivity index (χ3v) is 3.15. The molecule has 0 aromatic rings. The summed E-state index contributed by atoms with van der Waals surface area (Å²) in [4.78, 5) is 6.91. The van der Waals surface area contributed by atoms with Crippen LogP contribution < -0.4 is 5.73 Å². The molecule has 0 bridgehead atoms. The van der Waals surface area contributed by atoms with Crippen LogP contribution in [0.5, 0.6) is 0 Å². The molecule has 3 nitrogen and oxygen atoms in total. The van der Waals surface area contributed by atoms with E-state index in [9.17, 15) is 0 Å². The average molecular weight is 261 g/mol. The molecule has 1 heterocycles. The maximum absolute atomic E-state index is 5.53. The van der Waals surface area contributed by atoms with E-state index in [4.69, 9.17) is 5.73 Å². The number of hydrogen-bond acceptors (Lipinski definition) is 3. The van der Waals surface area contributed by atoms with Crippen molar-refractivity contribution in [2.24, 2.45) is 10.7 Å². The summed E-state index contributed by atoms with van der Waals surface area (Å²) in [5.74, 6) is 0. The van der Waals surface area contributed by atoms with Gasteiger partial charge in [-0.25, -0.2) is 0 Å². The number of nitrogens with zero attached hydrogens (tertiary/aromatic N) is 2. The summed E-state index contributed by atoms with van der Waals surface area (Å²) in [5, 5.41) is 0. The second-order valence-corrected chi connectivity index (χ2v) is 5.33. The maximum Gasteiger partial charge on any atom is 0.0542 e. The summed E-state index contributed by atoms with van der Waals surface area (Å²) < 4.78 is 0. The Kier molecular flexibility index (Phi) is 7.38. The third-order valence-electron chi connectivity index (χ3n) is 3.15. The van der Waals surface area contributed by atoms with Crippen molar-refractivity contribution in [2.75, 3.05) is 26.7 Å². The molecule has 106 valence electrons. The van der Waals surface area contributed by atoms with Crippen LogP contribution in [0.1, 0.15) is 32.6 Å². The number of allylic oxidation sites excluding steroid dienone is 4. The lowest BCUT2D eigenvalue weighted by molar-refractivity contribution is 0.351. The molecule has 0 atom stereocenters. The van der Waals surface area contributed by atoms with E-state index in [-0.39, 0.29) is 0 Å². The fraction of sp³-hybridized carbons (Fsp3) is 0.562. The van der Waals surface area contributed by atoms with E-state index in [0.29, 0.717) is 0 Å². The molecule has 0 radical (unpaired) electrons. The highest BCUT2D eigenvalue weighted by Gasteiger charge is 2.09. The Labute approximate surface area is 117 Å². The van der Waals surface area contributed by atoms with Gasteiger partial charge in [-0.15, -0.1) is 0 Å². The molecule has 19 heavy (non-hydrogen) atoms. The molecule has 1 aliphatic heterocycles. The lowest BCUT2D eigenvalue weighted by Gasteiger charge is -2.19. The van der Waals surface area contributed by atoms with Crippen LogP contribution in [0.4, 0.5) is 0 Å². The van der Waals surface area contributed by atoms with Crippen molar-refractivity contribution in [3.8, 4) is 0 Å². The number of hydrogen-bond donors (Lipinski definition) is 1. The lowest BCUT2D eigenvalue weighted by Crippen LogP contribution is -2.23. The summed E-state index contributed by atoms with van der Waals surface area (Å²) in [7, 11) is 2.15. The van der Waals surface area contributed by atoms with Gasteiger partial charge in [-0.05, 0) is 64.4 Å². The zero-order chi connectivity index (χ0) is 14.1. The first-order valence-corrected chi connectivity index (χ1v) is 7.06. The highest BCUT2D eigenvalue weighted by atomic mass is 15.1. The molecule has 0 saturated heterocycles. The molecule has 0 spiro atoms. The number of aliphatic imine (C=N–C) groups is 1. The van der Waals surface area contributed by atoms with Crippen LogP contribution in [-0.2, 0) is 0 Å². The van der Waals surface area contributed by atoms with Gasteiger partial charge in [-0.1, -0.05) is 18.2 Å². The quantitative estimate of drug-likeness (QED) is 0.539. The van der Waals surface area contributed by atoms with Crippen molar-refractivity contribution in [1.29, 1.82) is 0 Å². The lowest BCUT2D eigenvalue weighted by atomic mass is 10.0. The molecule has 0 saturated carbocycles. The normalized spacial score (nSPS) is 15.2. The average Bonchev–Trinajstić information content (AvgIpc) is 2.55. The first-order valence-electron chi connectivity index (χ1n) is 7.06. The summed E-state index contributed by atoms with van der Waals surface area (Å²) in [6.45, 7) is 8.85. The Bertz CT molecular complexity index is 377. The van der Waals surface area contributed by atoms with E-state index in [1.165, 1.54) is 16.8 Å². The topological polar surface area (TPSA) is 41.6 Å². The van der Waals surface area contributed by atoms with E-state index >= 15 is 0 Å². The smallest absolute Gasteiger partial charge is 0.0542 e. The van der Waals surface area contributed by atoms with Crippen molar-refractivity contribution in [3.05, 3.63) is 35.6 Å².